The molecule has 0 bridgehead atoms. The van der Waals surface area contributed by atoms with Crippen LogP contribution in [0.25, 0.3) is 0 Å². The average molecular weight is 390 g/mol. The fourth-order valence-electron chi connectivity index (χ4n) is 3.39. The van der Waals surface area contributed by atoms with Gasteiger partial charge < -0.3 is 10.0 Å². The number of aliphatic hydroxyl groups excluding tert-OH is 1. The number of hydrogen-bond donors (Lipinski definition) is 2. The molecule has 1 fully saturated rings. The van der Waals surface area contributed by atoms with E-state index in [0.717, 1.165) is 36.3 Å². The SMILES string of the molecule is CCCN1CCN(c2ccc(S(=O)(=O)Nc3ccc(C)cc3C)cc2)C1O. The predicted octanol–water partition coefficient (Wildman–Crippen LogP) is 2.91. The van der Waals surface area contributed by atoms with Crippen LogP contribution in [0.15, 0.2) is 47.4 Å². The Hall–Kier alpha value is -2.09. The molecule has 1 aliphatic rings. The predicted molar refractivity (Wildman–Crippen MR) is 108 cm³/mol. The lowest BCUT2D eigenvalue weighted by Crippen LogP contribution is -2.38. The van der Waals surface area contributed by atoms with Crippen LogP contribution in [-0.4, -0.2) is 44.4 Å². The zero-order valence-electron chi connectivity index (χ0n) is 16.0. The standard InChI is InChI=1S/C20H27N3O3S/c1-4-11-22-12-13-23(20(22)24)17-6-8-18(9-7-17)27(25,26)21-19-10-5-15(2)14-16(19)3/h5-10,14,20-21,24H,4,11-13H2,1-3H3. The van der Waals surface area contributed by atoms with Crippen LogP contribution in [0.1, 0.15) is 24.5 Å². The molecule has 1 heterocycles. The summed E-state index contributed by atoms with van der Waals surface area (Å²) in [6.45, 7) is 8.28. The minimum Gasteiger partial charge on any atom is -0.361 e. The molecular formula is C20H27N3O3S. The first-order valence-electron chi connectivity index (χ1n) is 9.20. The molecule has 1 unspecified atom stereocenters. The lowest BCUT2D eigenvalue weighted by molar-refractivity contribution is 0.0400. The molecule has 0 amide bonds. The molecule has 0 spiro atoms. The molecule has 0 radical (unpaired) electrons. The minimum absolute atomic E-state index is 0.199. The van der Waals surface area contributed by atoms with E-state index in [-0.39, 0.29) is 4.90 Å². The van der Waals surface area contributed by atoms with Gasteiger partial charge in [-0.15, -0.1) is 0 Å². The molecule has 3 rings (SSSR count). The zero-order chi connectivity index (χ0) is 19.6. The summed E-state index contributed by atoms with van der Waals surface area (Å²) >= 11 is 0. The highest BCUT2D eigenvalue weighted by atomic mass is 32.2. The normalized spacial score (nSPS) is 18.1. The van der Waals surface area contributed by atoms with E-state index in [1.807, 2.05) is 35.8 Å². The van der Waals surface area contributed by atoms with Gasteiger partial charge in [-0.25, -0.2) is 8.42 Å². The van der Waals surface area contributed by atoms with E-state index in [9.17, 15) is 13.5 Å². The third-order valence-corrected chi connectivity index (χ3v) is 6.23. The monoisotopic (exact) mass is 389 g/mol. The van der Waals surface area contributed by atoms with Gasteiger partial charge in [0.05, 0.1) is 10.6 Å². The molecule has 1 atom stereocenters. The summed E-state index contributed by atoms with van der Waals surface area (Å²) in [7, 11) is -3.66. The highest BCUT2D eigenvalue weighted by molar-refractivity contribution is 7.92. The van der Waals surface area contributed by atoms with Gasteiger partial charge in [0.2, 0.25) is 0 Å². The second-order valence-corrected chi connectivity index (χ2v) is 8.68. The van der Waals surface area contributed by atoms with E-state index in [4.69, 9.17) is 0 Å². The highest BCUT2D eigenvalue weighted by Gasteiger charge is 2.29. The van der Waals surface area contributed by atoms with Crippen molar-refractivity contribution in [1.82, 2.24) is 4.90 Å². The van der Waals surface area contributed by atoms with Crippen LogP contribution in [0.4, 0.5) is 11.4 Å². The van der Waals surface area contributed by atoms with Crippen LogP contribution in [0.5, 0.6) is 0 Å². The molecule has 1 saturated heterocycles. The van der Waals surface area contributed by atoms with Crippen molar-refractivity contribution in [2.24, 2.45) is 0 Å². The number of rotatable bonds is 6. The van der Waals surface area contributed by atoms with Gasteiger partial charge in [-0.05, 0) is 56.2 Å². The van der Waals surface area contributed by atoms with Crippen molar-refractivity contribution in [3.8, 4) is 0 Å². The third-order valence-electron chi connectivity index (χ3n) is 4.85. The van der Waals surface area contributed by atoms with Crippen LogP contribution in [0, 0.1) is 13.8 Å². The topological polar surface area (TPSA) is 72.9 Å². The van der Waals surface area contributed by atoms with Gasteiger partial charge in [-0.1, -0.05) is 24.6 Å². The van der Waals surface area contributed by atoms with Gasteiger partial charge in [-0.2, -0.15) is 0 Å². The first-order chi connectivity index (χ1) is 12.8. The van der Waals surface area contributed by atoms with E-state index in [0.29, 0.717) is 12.2 Å². The summed E-state index contributed by atoms with van der Waals surface area (Å²) in [4.78, 5) is 4.08. The van der Waals surface area contributed by atoms with Gasteiger partial charge in [0.25, 0.3) is 10.0 Å². The van der Waals surface area contributed by atoms with Crippen molar-refractivity contribution in [2.45, 2.75) is 38.4 Å². The van der Waals surface area contributed by atoms with Gasteiger partial charge >= 0.3 is 0 Å². The third kappa shape index (κ3) is 4.26. The smallest absolute Gasteiger partial charge is 0.261 e. The molecule has 2 aromatic rings. The number of nitrogens with one attached hydrogen (secondary N) is 1. The van der Waals surface area contributed by atoms with Crippen molar-refractivity contribution in [3.63, 3.8) is 0 Å². The Balaban J connectivity index is 1.76. The molecule has 146 valence electrons. The van der Waals surface area contributed by atoms with Crippen LogP contribution >= 0.6 is 0 Å². The number of aliphatic hydroxyl groups is 1. The lowest BCUT2D eigenvalue weighted by atomic mass is 10.1. The van der Waals surface area contributed by atoms with Gasteiger partial charge in [0.15, 0.2) is 6.35 Å². The maximum atomic E-state index is 12.7. The van der Waals surface area contributed by atoms with E-state index < -0.39 is 16.4 Å². The maximum Gasteiger partial charge on any atom is 0.261 e. The largest absolute Gasteiger partial charge is 0.361 e. The summed E-state index contributed by atoms with van der Waals surface area (Å²) < 4.78 is 28.0. The van der Waals surface area contributed by atoms with E-state index in [1.54, 1.807) is 30.3 Å². The maximum absolute atomic E-state index is 12.7. The molecule has 0 aliphatic carbocycles. The zero-order valence-corrected chi connectivity index (χ0v) is 16.8. The fourth-order valence-corrected chi connectivity index (χ4v) is 4.52. The quantitative estimate of drug-likeness (QED) is 0.795. The van der Waals surface area contributed by atoms with Crippen LogP contribution in [-0.2, 0) is 10.0 Å². The van der Waals surface area contributed by atoms with Gasteiger partial charge in [0, 0.05) is 25.3 Å². The molecule has 0 aromatic heterocycles. The molecule has 1 aliphatic heterocycles. The summed E-state index contributed by atoms with van der Waals surface area (Å²) in [6.07, 6.45) is 0.312. The van der Waals surface area contributed by atoms with Crippen LogP contribution in [0.3, 0.4) is 0 Å². The Morgan fingerprint density at radius 3 is 2.44 bits per heavy atom. The molecule has 27 heavy (non-hydrogen) atoms. The van der Waals surface area contributed by atoms with Crippen molar-refractivity contribution >= 4 is 21.4 Å². The van der Waals surface area contributed by atoms with E-state index >= 15 is 0 Å². The first kappa shape index (κ1) is 19.7. The van der Waals surface area contributed by atoms with Gasteiger partial charge in [-0.3, -0.25) is 9.62 Å². The average Bonchev–Trinajstić information content (AvgIpc) is 2.99. The summed E-state index contributed by atoms with van der Waals surface area (Å²) in [5.41, 5.74) is 3.36. The second-order valence-electron chi connectivity index (χ2n) is 6.99. The number of nitrogens with zero attached hydrogens (tertiary/aromatic N) is 2. The molecule has 6 nitrogen and oxygen atoms in total. The van der Waals surface area contributed by atoms with Crippen LogP contribution in [0.2, 0.25) is 0 Å². The van der Waals surface area contributed by atoms with Crippen molar-refractivity contribution in [2.75, 3.05) is 29.3 Å². The first-order valence-corrected chi connectivity index (χ1v) is 10.7. The van der Waals surface area contributed by atoms with Crippen molar-refractivity contribution < 1.29 is 13.5 Å². The molecule has 7 heteroatoms. The number of anilines is 2. The van der Waals surface area contributed by atoms with E-state index in [1.165, 1.54) is 0 Å². The Labute approximate surface area is 161 Å². The number of sulfonamides is 1. The fraction of sp³-hybridized carbons (Fsp3) is 0.400. The van der Waals surface area contributed by atoms with E-state index in [2.05, 4.69) is 11.6 Å². The minimum atomic E-state index is -3.66. The number of benzene rings is 2. The van der Waals surface area contributed by atoms with Crippen molar-refractivity contribution in [3.05, 3.63) is 53.6 Å². The summed E-state index contributed by atoms with van der Waals surface area (Å²) in [5, 5.41) is 10.4. The summed E-state index contributed by atoms with van der Waals surface area (Å²) in [5.74, 6) is 0. The van der Waals surface area contributed by atoms with Crippen molar-refractivity contribution in [1.29, 1.82) is 0 Å². The number of aryl methyl sites for hydroxylation is 2. The Morgan fingerprint density at radius 2 is 1.81 bits per heavy atom. The Kier molecular flexibility index (Phi) is 5.74. The van der Waals surface area contributed by atoms with Gasteiger partial charge in [0.1, 0.15) is 0 Å². The molecule has 2 N–H and O–H groups in total. The molecule has 2 aromatic carbocycles. The lowest BCUT2D eigenvalue weighted by Gasteiger charge is -2.26. The number of hydrogen-bond acceptors (Lipinski definition) is 5. The Morgan fingerprint density at radius 1 is 1.11 bits per heavy atom. The second kappa shape index (κ2) is 7.88. The summed E-state index contributed by atoms with van der Waals surface area (Å²) in [6, 6.07) is 12.2. The highest BCUT2D eigenvalue weighted by Crippen LogP contribution is 2.26. The molecule has 0 saturated carbocycles. The Bertz CT molecular complexity index is 897. The van der Waals surface area contributed by atoms with Crippen LogP contribution < -0.4 is 9.62 Å². The molecular weight excluding hydrogens is 362 g/mol.